The summed E-state index contributed by atoms with van der Waals surface area (Å²) in [5, 5.41) is 25.6. The lowest BCUT2D eigenvalue weighted by molar-refractivity contribution is -0.125. The number of imide groups is 1. The van der Waals surface area contributed by atoms with Crippen LogP contribution in [0.5, 0.6) is 0 Å². The first-order valence-electron chi connectivity index (χ1n) is 15.7. The molecule has 222 valence electrons. The van der Waals surface area contributed by atoms with Crippen molar-refractivity contribution in [2.45, 2.75) is 70.0 Å². The van der Waals surface area contributed by atoms with Crippen LogP contribution in [0.2, 0.25) is 0 Å². The van der Waals surface area contributed by atoms with Crippen molar-refractivity contribution in [2.75, 3.05) is 13.1 Å². The van der Waals surface area contributed by atoms with Crippen LogP contribution in [0.3, 0.4) is 0 Å². The minimum Gasteiger partial charge on any atom is -0.387 e. The first kappa shape index (κ1) is 27.3. The molecule has 14 atom stereocenters. The smallest absolute Gasteiger partial charge is 0.326 e. The van der Waals surface area contributed by atoms with Crippen LogP contribution >= 0.6 is 0 Å². The number of carbonyl (C=O) groups is 3. The third-order valence-corrected chi connectivity index (χ3v) is 10.9. The van der Waals surface area contributed by atoms with E-state index in [4.69, 9.17) is 4.74 Å². The van der Waals surface area contributed by atoms with Crippen LogP contribution in [-0.4, -0.2) is 70.6 Å². The maximum atomic E-state index is 12.3. The summed E-state index contributed by atoms with van der Waals surface area (Å²) in [5.74, 6) is 8.29. The fourth-order valence-electron chi connectivity index (χ4n) is 7.83. The van der Waals surface area contributed by atoms with Crippen molar-refractivity contribution in [3.63, 3.8) is 0 Å². The molecule has 9 heteroatoms. The average molecular weight is 566 g/mol. The Morgan fingerprint density at radius 1 is 0.902 bits per heavy atom. The van der Waals surface area contributed by atoms with Crippen molar-refractivity contribution in [1.29, 1.82) is 0 Å². The van der Waals surface area contributed by atoms with Gasteiger partial charge in [-0.2, -0.15) is 0 Å². The Labute approximate surface area is 241 Å². The number of allylic oxidation sites excluding steroid dienone is 5. The Morgan fingerprint density at radius 3 is 2.20 bits per heavy atom. The Kier molecular flexibility index (Phi) is 7.11. The van der Waals surface area contributed by atoms with Crippen LogP contribution in [0.1, 0.15) is 45.4 Å². The predicted molar refractivity (Wildman–Crippen MR) is 150 cm³/mol. The highest BCUT2D eigenvalue weighted by Gasteiger charge is 2.63. The van der Waals surface area contributed by atoms with Crippen molar-refractivity contribution >= 4 is 17.8 Å². The molecule has 0 spiro atoms. The molecule has 4 amide bonds. The number of aliphatic hydroxyl groups excluding tert-OH is 2. The first-order chi connectivity index (χ1) is 19.8. The van der Waals surface area contributed by atoms with Crippen molar-refractivity contribution in [3.05, 3.63) is 36.5 Å². The number of hydrogen-bond acceptors (Lipinski definition) is 6. The predicted octanol–water partition coefficient (Wildman–Crippen LogP) is 2.36. The summed E-state index contributed by atoms with van der Waals surface area (Å²) in [6.45, 7) is 2.44. The molecule has 9 nitrogen and oxygen atoms in total. The highest BCUT2D eigenvalue weighted by Crippen LogP contribution is 2.70. The molecule has 5 saturated carbocycles. The molecule has 2 aliphatic heterocycles. The largest absolute Gasteiger partial charge is 0.387 e. The standard InChI is InChI=1S/C32H43N3O6/c1-16-10-17(16)6-7-19-12-21(19)23-14-25(23)24-13-22(24)20-11-18(20)4-2-3-5-27(36)33-15-26-29(38)30(39)31(41-26)35-9-8-28(37)34-32(35)40/h2-7,16-26,29-31,38-39H,8-15H2,1H3,(H,33,36)(H,34,37,40). The molecule has 2 heterocycles. The van der Waals surface area contributed by atoms with E-state index in [9.17, 15) is 24.6 Å². The van der Waals surface area contributed by atoms with Crippen LogP contribution in [0.4, 0.5) is 4.79 Å². The SMILES string of the molecule is CC1CC1C=CC1CC1C1CC1C1CC1C1CC1C=CC=CC(=O)NCC1OC(N2CCC(=O)NC2=O)C(O)C1O. The monoisotopic (exact) mass is 565 g/mol. The number of carbonyl (C=O) groups excluding carboxylic acids is 3. The van der Waals surface area contributed by atoms with Gasteiger partial charge in [0, 0.05) is 25.6 Å². The van der Waals surface area contributed by atoms with Crippen LogP contribution in [0, 0.1) is 59.2 Å². The number of rotatable bonds is 11. The summed E-state index contributed by atoms with van der Waals surface area (Å²) in [5.41, 5.74) is 0. The number of nitrogens with one attached hydrogen (secondary N) is 2. The van der Waals surface area contributed by atoms with E-state index in [-0.39, 0.29) is 25.4 Å². The van der Waals surface area contributed by atoms with E-state index in [0.29, 0.717) is 5.92 Å². The fraction of sp³-hybridized carbons (Fsp3) is 0.719. The van der Waals surface area contributed by atoms with Crippen LogP contribution in [0.25, 0.3) is 0 Å². The normalized spacial score (nSPS) is 48.2. The third-order valence-electron chi connectivity index (χ3n) is 10.9. The van der Waals surface area contributed by atoms with Gasteiger partial charge in [0.05, 0.1) is 0 Å². The molecule has 0 radical (unpaired) electrons. The number of aliphatic hydroxyl groups is 2. The van der Waals surface area contributed by atoms with Crippen molar-refractivity contribution in [1.82, 2.24) is 15.5 Å². The summed E-state index contributed by atoms with van der Waals surface area (Å²) >= 11 is 0. The number of hydrogen-bond donors (Lipinski definition) is 4. The van der Waals surface area contributed by atoms with Gasteiger partial charge >= 0.3 is 6.03 Å². The van der Waals surface area contributed by atoms with E-state index in [1.54, 1.807) is 6.08 Å². The van der Waals surface area contributed by atoms with Gasteiger partial charge < -0.3 is 20.3 Å². The zero-order chi connectivity index (χ0) is 28.4. The van der Waals surface area contributed by atoms with Gasteiger partial charge in [-0.3, -0.25) is 19.8 Å². The van der Waals surface area contributed by atoms with Crippen LogP contribution in [0.15, 0.2) is 36.5 Å². The molecule has 0 aromatic rings. The number of nitrogens with zero attached hydrogens (tertiary/aromatic N) is 1. The van der Waals surface area contributed by atoms with Gasteiger partial charge in [0.15, 0.2) is 6.23 Å². The molecule has 7 fully saturated rings. The van der Waals surface area contributed by atoms with Gasteiger partial charge in [0.25, 0.3) is 0 Å². The van der Waals surface area contributed by atoms with Crippen molar-refractivity contribution < 1.29 is 29.3 Å². The fourth-order valence-corrected chi connectivity index (χ4v) is 7.83. The highest BCUT2D eigenvalue weighted by molar-refractivity contribution is 5.96. The van der Waals surface area contributed by atoms with Gasteiger partial charge in [0.1, 0.15) is 18.3 Å². The number of ether oxygens (including phenoxy) is 1. The lowest BCUT2D eigenvalue weighted by Gasteiger charge is -2.32. The Hall–Kier alpha value is -2.49. The summed E-state index contributed by atoms with van der Waals surface area (Å²) in [6.07, 6.45) is 15.0. The van der Waals surface area contributed by atoms with E-state index >= 15 is 0 Å². The molecule has 0 aromatic carbocycles. The van der Waals surface area contributed by atoms with E-state index < -0.39 is 36.5 Å². The molecular formula is C32H43N3O6. The van der Waals surface area contributed by atoms with Gasteiger partial charge in [-0.25, -0.2) is 4.79 Å². The average Bonchev–Trinajstić information content (AvgIpc) is 3.72. The van der Waals surface area contributed by atoms with Gasteiger partial charge in [-0.1, -0.05) is 37.3 Å². The van der Waals surface area contributed by atoms with Crippen LogP contribution < -0.4 is 10.6 Å². The van der Waals surface area contributed by atoms with Gasteiger partial charge in [0.2, 0.25) is 11.8 Å². The van der Waals surface area contributed by atoms with Crippen LogP contribution in [-0.2, 0) is 14.3 Å². The minimum absolute atomic E-state index is 0.0104. The molecule has 41 heavy (non-hydrogen) atoms. The first-order valence-corrected chi connectivity index (χ1v) is 15.7. The third kappa shape index (κ3) is 5.90. The molecule has 4 N–H and O–H groups in total. The van der Waals surface area contributed by atoms with E-state index in [1.807, 2.05) is 6.08 Å². The molecular weight excluding hydrogens is 522 g/mol. The topological polar surface area (TPSA) is 128 Å². The maximum Gasteiger partial charge on any atom is 0.326 e. The zero-order valence-corrected chi connectivity index (χ0v) is 23.7. The number of urea groups is 1. The lowest BCUT2D eigenvalue weighted by Crippen LogP contribution is -2.56. The number of amides is 4. The van der Waals surface area contributed by atoms with Gasteiger partial charge in [-0.05, 0) is 91.3 Å². The van der Waals surface area contributed by atoms with Crippen molar-refractivity contribution in [3.8, 4) is 0 Å². The van der Waals surface area contributed by atoms with Gasteiger partial charge in [-0.15, -0.1) is 0 Å². The lowest BCUT2D eigenvalue weighted by atomic mass is 10.1. The second-order valence-electron chi connectivity index (χ2n) is 13.8. The molecule has 0 aromatic heterocycles. The van der Waals surface area contributed by atoms with E-state index in [2.05, 4.69) is 35.8 Å². The van der Waals surface area contributed by atoms with E-state index in [0.717, 1.165) is 53.3 Å². The molecule has 7 aliphatic rings. The Bertz CT molecular complexity index is 1170. The molecule has 0 bridgehead atoms. The molecule has 5 aliphatic carbocycles. The van der Waals surface area contributed by atoms with Crippen molar-refractivity contribution in [2.24, 2.45) is 59.2 Å². The summed E-state index contributed by atoms with van der Waals surface area (Å²) < 4.78 is 5.67. The maximum absolute atomic E-state index is 12.3. The summed E-state index contributed by atoms with van der Waals surface area (Å²) in [4.78, 5) is 36.9. The molecule has 7 rings (SSSR count). The molecule has 2 saturated heterocycles. The second kappa shape index (κ2) is 10.7. The highest BCUT2D eigenvalue weighted by atomic mass is 16.6. The Balaban J connectivity index is 0.787. The second-order valence-corrected chi connectivity index (χ2v) is 13.8. The summed E-state index contributed by atoms with van der Waals surface area (Å²) in [7, 11) is 0. The Morgan fingerprint density at radius 2 is 1.54 bits per heavy atom. The molecule has 14 unspecified atom stereocenters. The minimum atomic E-state index is -1.33. The quantitative estimate of drug-likeness (QED) is 0.173. The van der Waals surface area contributed by atoms with E-state index in [1.165, 1.54) is 43.1 Å². The summed E-state index contributed by atoms with van der Waals surface area (Å²) in [6, 6.07) is -0.665. The zero-order valence-electron chi connectivity index (χ0n) is 23.7.